The maximum Gasteiger partial charge on any atom is 0.305 e. The molecule has 0 saturated carbocycles. The van der Waals surface area contributed by atoms with Crippen LogP contribution in [0.5, 0.6) is 5.75 Å². The lowest BCUT2D eigenvalue weighted by Crippen LogP contribution is -2.40. The van der Waals surface area contributed by atoms with Gasteiger partial charge in [-0.25, -0.2) is 0 Å². The van der Waals surface area contributed by atoms with Crippen molar-refractivity contribution in [2.75, 3.05) is 37.7 Å². The summed E-state index contributed by atoms with van der Waals surface area (Å²) in [5.74, 6) is 1.34. The van der Waals surface area contributed by atoms with Crippen molar-refractivity contribution < 1.29 is 14.3 Å². The largest absolute Gasteiger partial charge is 0.490 e. The number of nitrogens with zero attached hydrogens (tertiary/aromatic N) is 2. The molecule has 37 heavy (non-hydrogen) atoms. The molecule has 1 aliphatic rings. The first-order valence-corrected chi connectivity index (χ1v) is 12.9. The fraction of sp³-hybridized carbons (Fsp3) is 0.414. The number of piperidine rings is 1. The van der Waals surface area contributed by atoms with Crippen LogP contribution in [-0.4, -0.2) is 61.4 Å². The number of anilines is 1. The quantitative estimate of drug-likeness (QED) is 0.219. The van der Waals surface area contributed by atoms with Crippen molar-refractivity contribution in [3.63, 3.8) is 0 Å². The number of likely N-dealkylation sites (tertiary alicyclic amines) is 1. The molecule has 8 heteroatoms. The summed E-state index contributed by atoms with van der Waals surface area (Å²) in [7, 11) is 0. The van der Waals surface area contributed by atoms with Crippen LogP contribution >= 0.6 is 0 Å². The van der Waals surface area contributed by atoms with E-state index in [0.29, 0.717) is 43.9 Å². The number of ether oxygens (including phenoxy) is 2. The standard InChI is InChI=1S/C29H39N5O3/c1-3-36-28(35)10-6-18-34(17-5-8-23-7-4-9-24(21-23)29(31)32)25-11-13-26(14-12-25)37-27-15-19-33(20-16-27)22(2)30/h4-5,7-9,11-14,21,27,30H,3,6,10,15-20H2,1-2H3,(H3,31,32). The van der Waals surface area contributed by atoms with E-state index in [2.05, 4.69) is 28.0 Å². The van der Waals surface area contributed by atoms with Crippen LogP contribution in [0, 0.1) is 10.8 Å². The number of nitrogen functional groups attached to an aromatic ring is 1. The molecule has 0 aromatic heterocycles. The van der Waals surface area contributed by atoms with Crippen LogP contribution in [-0.2, 0) is 9.53 Å². The predicted octanol–water partition coefficient (Wildman–Crippen LogP) is 4.67. The Bertz CT molecular complexity index is 1080. The van der Waals surface area contributed by atoms with Crippen LogP contribution in [0.15, 0.2) is 54.6 Å². The summed E-state index contributed by atoms with van der Waals surface area (Å²) in [5.41, 5.74) is 8.34. The average Bonchev–Trinajstić information content (AvgIpc) is 2.89. The second-order valence-corrected chi connectivity index (χ2v) is 9.18. The zero-order valence-electron chi connectivity index (χ0n) is 21.9. The molecule has 0 radical (unpaired) electrons. The highest BCUT2D eigenvalue weighted by atomic mass is 16.5. The van der Waals surface area contributed by atoms with Crippen LogP contribution in [0.2, 0.25) is 0 Å². The minimum Gasteiger partial charge on any atom is -0.490 e. The molecule has 4 N–H and O–H groups in total. The van der Waals surface area contributed by atoms with E-state index in [-0.39, 0.29) is 17.9 Å². The van der Waals surface area contributed by atoms with Crippen LogP contribution in [0.25, 0.3) is 6.08 Å². The van der Waals surface area contributed by atoms with Gasteiger partial charge in [0.25, 0.3) is 0 Å². The van der Waals surface area contributed by atoms with E-state index >= 15 is 0 Å². The smallest absolute Gasteiger partial charge is 0.305 e. The van der Waals surface area contributed by atoms with Crippen molar-refractivity contribution in [1.82, 2.24) is 4.90 Å². The number of benzene rings is 2. The number of nitrogens with two attached hydrogens (primary N) is 1. The molecule has 1 heterocycles. The van der Waals surface area contributed by atoms with E-state index in [9.17, 15) is 4.79 Å². The number of carbonyl (C=O) groups excluding carboxylic acids is 1. The van der Waals surface area contributed by atoms with Crippen molar-refractivity contribution >= 4 is 29.4 Å². The lowest BCUT2D eigenvalue weighted by Gasteiger charge is -2.33. The summed E-state index contributed by atoms with van der Waals surface area (Å²) in [5, 5.41) is 15.4. The predicted molar refractivity (Wildman–Crippen MR) is 150 cm³/mol. The Morgan fingerprint density at radius 2 is 1.89 bits per heavy atom. The van der Waals surface area contributed by atoms with E-state index < -0.39 is 0 Å². The number of rotatable bonds is 12. The normalized spacial score (nSPS) is 13.9. The van der Waals surface area contributed by atoms with E-state index in [1.807, 2.05) is 56.3 Å². The van der Waals surface area contributed by atoms with Crippen molar-refractivity contribution in [2.45, 2.75) is 45.6 Å². The highest BCUT2D eigenvalue weighted by Crippen LogP contribution is 2.24. The molecule has 2 aromatic rings. The molecule has 0 aliphatic carbocycles. The summed E-state index contributed by atoms with van der Waals surface area (Å²) >= 11 is 0. The summed E-state index contributed by atoms with van der Waals surface area (Å²) in [4.78, 5) is 16.1. The maximum absolute atomic E-state index is 11.8. The molecule has 1 fully saturated rings. The first kappa shape index (κ1) is 27.8. The molecule has 3 rings (SSSR count). The number of hydrogen-bond donors (Lipinski definition) is 3. The fourth-order valence-electron chi connectivity index (χ4n) is 4.34. The first-order chi connectivity index (χ1) is 17.9. The van der Waals surface area contributed by atoms with E-state index in [1.54, 1.807) is 0 Å². The van der Waals surface area contributed by atoms with Crippen LogP contribution in [0.3, 0.4) is 0 Å². The number of carbonyl (C=O) groups is 1. The maximum atomic E-state index is 11.8. The molecule has 8 nitrogen and oxygen atoms in total. The summed E-state index contributed by atoms with van der Waals surface area (Å²) in [6, 6.07) is 15.7. The third-order valence-corrected chi connectivity index (χ3v) is 6.37. The van der Waals surface area contributed by atoms with Gasteiger partial charge in [0.05, 0.1) is 12.4 Å². The zero-order chi connectivity index (χ0) is 26.6. The van der Waals surface area contributed by atoms with Crippen LogP contribution in [0.4, 0.5) is 5.69 Å². The Labute approximate surface area is 220 Å². The van der Waals surface area contributed by atoms with E-state index in [4.69, 9.17) is 26.0 Å². The minimum atomic E-state index is -0.174. The van der Waals surface area contributed by atoms with Gasteiger partial charge in [-0.1, -0.05) is 30.4 Å². The van der Waals surface area contributed by atoms with Crippen molar-refractivity contribution in [3.8, 4) is 5.75 Å². The summed E-state index contributed by atoms with van der Waals surface area (Å²) < 4.78 is 11.3. The SMILES string of the molecule is CCOC(=O)CCCN(CC=Cc1cccc(C(=N)N)c1)c1ccc(OC2CCN(C(C)=N)CC2)cc1. The minimum absolute atomic E-state index is 0.0496. The molecule has 0 spiro atoms. The lowest BCUT2D eigenvalue weighted by atomic mass is 10.1. The van der Waals surface area contributed by atoms with Gasteiger partial charge in [-0.2, -0.15) is 0 Å². The molecule has 198 valence electrons. The van der Waals surface area contributed by atoms with E-state index in [0.717, 1.165) is 42.9 Å². The molecule has 2 aromatic carbocycles. The Morgan fingerprint density at radius 1 is 1.16 bits per heavy atom. The lowest BCUT2D eigenvalue weighted by molar-refractivity contribution is -0.143. The number of hydrogen-bond acceptors (Lipinski definition) is 6. The van der Waals surface area contributed by atoms with Crippen molar-refractivity contribution in [1.29, 1.82) is 10.8 Å². The van der Waals surface area contributed by atoms with Gasteiger partial charge in [0, 0.05) is 56.7 Å². The second kappa shape index (κ2) is 14.1. The van der Waals surface area contributed by atoms with Gasteiger partial charge in [-0.3, -0.25) is 15.6 Å². The number of nitrogens with one attached hydrogen (secondary N) is 2. The van der Waals surface area contributed by atoms with Gasteiger partial charge in [0.15, 0.2) is 0 Å². The molecule has 0 unspecified atom stereocenters. The van der Waals surface area contributed by atoms with Crippen LogP contribution in [0.1, 0.15) is 50.7 Å². The van der Waals surface area contributed by atoms with Gasteiger partial charge in [-0.05, 0) is 56.2 Å². The summed E-state index contributed by atoms with van der Waals surface area (Å²) in [6.45, 7) is 7.12. The Morgan fingerprint density at radius 3 is 2.54 bits per heavy atom. The summed E-state index contributed by atoms with van der Waals surface area (Å²) in [6.07, 6.45) is 7.15. The highest BCUT2D eigenvalue weighted by Gasteiger charge is 2.20. The topological polar surface area (TPSA) is 116 Å². The molecule has 1 saturated heterocycles. The Hall–Kier alpha value is -3.81. The van der Waals surface area contributed by atoms with Gasteiger partial charge in [-0.15, -0.1) is 0 Å². The molecular weight excluding hydrogens is 466 g/mol. The average molecular weight is 506 g/mol. The van der Waals surface area contributed by atoms with E-state index in [1.165, 1.54) is 0 Å². The molecule has 0 bridgehead atoms. The van der Waals surface area contributed by atoms with Gasteiger partial charge >= 0.3 is 5.97 Å². The molecular formula is C29H39N5O3. The molecule has 0 atom stereocenters. The Balaban J connectivity index is 1.63. The van der Waals surface area contributed by atoms with Crippen LogP contribution < -0.4 is 15.4 Å². The highest BCUT2D eigenvalue weighted by molar-refractivity contribution is 5.95. The van der Waals surface area contributed by atoms with Crippen molar-refractivity contribution in [3.05, 3.63) is 65.7 Å². The number of amidine groups is 2. The molecule has 1 aliphatic heterocycles. The van der Waals surface area contributed by atoms with Gasteiger partial charge < -0.3 is 25.0 Å². The fourth-order valence-corrected chi connectivity index (χ4v) is 4.34. The number of esters is 1. The zero-order valence-corrected chi connectivity index (χ0v) is 21.9. The first-order valence-electron chi connectivity index (χ1n) is 12.9. The monoisotopic (exact) mass is 505 g/mol. The van der Waals surface area contributed by atoms with Gasteiger partial charge in [0.1, 0.15) is 17.7 Å². The van der Waals surface area contributed by atoms with Crippen molar-refractivity contribution in [2.24, 2.45) is 5.73 Å². The third-order valence-electron chi connectivity index (χ3n) is 6.37. The molecule has 0 amide bonds. The van der Waals surface area contributed by atoms with Gasteiger partial charge in [0.2, 0.25) is 0 Å². The third kappa shape index (κ3) is 8.97. The Kier molecular flexibility index (Phi) is 10.6. The second-order valence-electron chi connectivity index (χ2n) is 9.18.